The van der Waals surface area contributed by atoms with Gasteiger partial charge in [0.05, 0.1) is 24.9 Å². The van der Waals surface area contributed by atoms with Gasteiger partial charge < -0.3 is 20.3 Å². The van der Waals surface area contributed by atoms with Crippen molar-refractivity contribution in [3.63, 3.8) is 0 Å². The minimum atomic E-state index is -5.18. The lowest BCUT2D eigenvalue weighted by molar-refractivity contribution is -0.175. The first-order valence-electron chi connectivity index (χ1n) is 14.5. The Labute approximate surface area is 268 Å². The number of hydrogen-bond acceptors (Lipinski definition) is 7. The van der Waals surface area contributed by atoms with E-state index in [2.05, 4.69) is 20.6 Å². The molecule has 2 N–H and O–H groups in total. The number of ether oxygens (including phenoxy) is 1. The Kier molecular flexibility index (Phi) is 11.5. The van der Waals surface area contributed by atoms with Gasteiger partial charge in [0.1, 0.15) is 17.8 Å². The van der Waals surface area contributed by atoms with Crippen molar-refractivity contribution in [3.05, 3.63) is 95.0 Å². The second kappa shape index (κ2) is 15.3. The molecule has 4 rings (SSSR count). The second-order valence-electron chi connectivity index (χ2n) is 11.2. The first-order valence-corrected chi connectivity index (χ1v) is 14.9. The number of carbonyl (C=O) groups excluding carboxylic acids is 4. The Balaban J connectivity index is 1.63. The Bertz CT molecular complexity index is 1530. The molecule has 0 unspecified atom stereocenters. The highest BCUT2D eigenvalue weighted by Gasteiger charge is 2.48. The third kappa shape index (κ3) is 9.10. The molecule has 46 heavy (non-hydrogen) atoms. The third-order valence-electron chi connectivity index (χ3n) is 7.43. The van der Waals surface area contributed by atoms with Crippen molar-refractivity contribution >= 4 is 35.1 Å². The first kappa shape index (κ1) is 34.5. The van der Waals surface area contributed by atoms with Crippen molar-refractivity contribution in [1.29, 1.82) is 0 Å². The Morgan fingerprint density at radius 1 is 1.02 bits per heavy atom. The quantitative estimate of drug-likeness (QED) is 0.301. The summed E-state index contributed by atoms with van der Waals surface area (Å²) in [5.41, 5.74) is 1.37. The normalized spacial score (nSPS) is 17.8. The van der Waals surface area contributed by atoms with Crippen LogP contribution in [0.25, 0.3) is 0 Å². The molecule has 2 heterocycles. The van der Waals surface area contributed by atoms with Gasteiger partial charge in [0.25, 0.3) is 11.7 Å². The maximum atomic E-state index is 14.2. The summed E-state index contributed by atoms with van der Waals surface area (Å²) >= 11 is 6.16. The molecule has 1 fully saturated rings. The minimum absolute atomic E-state index is 0.0348. The molecule has 3 aromatic rings. The molecule has 10 nitrogen and oxygen atoms in total. The molecular weight excluding hydrogens is 627 g/mol. The van der Waals surface area contributed by atoms with Crippen LogP contribution in [-0.4, -0.2) is 75.3 Å². The average molecular weight is 660 g/mol. The van der Waals surface area contributed by atoms with Gasteiger partial charge in [0, 0.05) is 36.8 Å². The van der Waals surface area contributed by atoms with Crippen LogP contribution in [0.15, 0.2) is 73.2 Å². The standard InChI is InChI=1S/C32H33ClF3N5O5/c1-19(2)27(28(42)32(34,35)36)40-30(44)26-15-23(46-18-20-7-4-3-5-8-20)17-41(26)31(45)24(14-21-9-6-10-22(33)13-21)39-29(43)25-16-37-11-12-38-25/h3-13,16,19,23-24,26-27H,14-15,17-18H2,1-2H3,(H,39,43)(H,40,44)/t23-,24+,26+,27+/m1/s1. The summed E-state index contributed by atoms with van der Waals surface area (Å²) in [4.78, 5) is 62.1. The van der Waals surface area contributed by atoms with Crippen LogP contribution in [0.2, 0.25) is 5.02 Å². The topological polar surface area (TPSA) is 131 Å². The molecule has 1 aromatic heterocycles. The Morgan fingerprint density at radius 2 is 1.74 bits per heavy atom. The zero-order valence-electron chi connectivity index (χ0n) is 25.0. The average Bonchev–Trinajstić information content (AvgIpc) is 3.46. The number of benzene rings is 2. The monoisotopic (exact) mass is 659 g/mol. The van der Waals surface area contributed by atoms with Gasteiger partial charge in [-0.1, -0.05) is 67.9 Å². The van der Waals surface area contributed by atoms with E-state index in [1.807, 2.05) is 30.3 Å². The van der Waals surface area contributed by atoms with Crippen LogP contribution >= 0.6 is 11.6 Å². The number of nitrogens with zero attached hydrogens (tertiary/aromatic N) is 3. The fourth-order valence-electron chi connectivity index (χ4n) is 5.11. The molecule has 0 spiro atoms. The summed E-state index contributed by atoms with van der Waals surface area (Å²) in [7, 11) is 0. The van der Waals surface area contributed by atoms with Crippen molar-refractivity contribution < 1.29 is 37.1 Å². The lowest BCUT2D eigenvalue weighted by atomic mass is 9.98. The number of likely N-dealkylation sites (tertiary alicyclic amines) is 1. The summed E-state index contributed by atoms with van der Waals surface area (Å²) in [6, 6.07) is 11.4. The van der Waals surface area contributed by atoms with E-state index in [4.69, 9.17) is 16.3 Å². The number of hydrogen-bond donors (Lipinski definition) is 2. The zero-order chi connectivity index (χ0) is 33.4. The van der Waals surface area contributed by atoms with Crippen LogP contribution in [0.3, 0.4) is 0 Å². The Hall–Kier alpha value is -4.36. The van der Waals surface area contributed by atoms with Crippen molar-refractivity contribution in [2.24, 2.45) is 5.92 Å². The van der Waals surface area contributed by atoms with Crippen molar-refractivity contribution in [3.8, 4) is 0 Å². The number of carbonyl (C=O) groups is 4. The molecule has 4 atom stereocenters. The molecule has 1 aliphatic heterocycles. The number of halogens is 4. The lowest BCUT2D eigenvalue weighted by Gasteiger charge is -2.30. The number of aromatic nitrogens is 2. The Morgan fingerprint density at radius 3 is 2.37 bits per heavy atom. The molecule has 244 valence electrons. The van der Waals surface area contributed by atoms with Gasteiger partial charge >= 0.3 is 6.18 Å². The van der Waals surface area contributed by atoms with E-state index in [0.29, 0.717) is 10.6 Å². The van der Waals surface area contributed by atoms with Crippen LogP contribution in [0.1, 0.15) is 41.9 Å². The van der Waals surface area contributed by atoms with E-state index >= 15 is 0 Å². The molecule has 1 saturated heterocycles. The smallest absolute Gasteiger partial charge is 0.372 e. The molecule has 0 aliphatic carbocycles. The number of Topliss-reactive ketones (excluding diaryl/α,β-unsaturated/α-hetero) is 1. The third-order valence-corrected chi connectivity index (χ3v) is 7.67. The van der Waals surface area contributed by atoms with Gasteiger partial charge in [-0.05, 0) is 29.2 Å². The molecule has 14 heteroatoms. The van der Waals surface area contributed by atoms with Crippen LogP contribution < -0.4 is 10.6 Å². The fourth-order valence-corrected chi connectivity index (χ4v) is 5.32. The minimum Gasteiger partial charge on any atom is -0.372 e. The highest BCUT2D eigenvalue weighted by molar-refractivity contribution is 6.30. The first-order chi connectivity index (χ1) is 21.8. The molecule has 2 aromatic carbocycles. The van der Waals surface area contributed by atoms with Crippen LogP contribution in [0.4, 0.5) is 13.2 Å². The summed E-state index contributed by atoms with van der Waals surface area (Å²) in [6.07, 6.45) is -2.04. The molecule has 0 radical (unpaired) electrons. The van der Waals surface area contributed by atoms with Gasteiger partial charge in [0.15, 0.2) is 0 Å². The van der Waals surface area contributed by atoms with Crippen LogP contribution in [0, 0.1) is 5.92 Å². The van der Waals surface area contributed by atoms with Crippen molar-refractivity contribution in [1.82, 2.24) is 25.5 Å². The van der Waals surface area contributed by atoms with Crippen molar-refractivity contribution in [2.45, 2.75) is 63.7 Å². The fraction of sp³-hybridized carbons (Fsp3) is 0.375. The highest BCUT2D eigenvalue weighted by atomic mass is 35.5. The molecule has 3 amide bonds. The molecular formula is C32H33ClF3N5O5. The summed E-state index contributed by atoms with van der Waals surface area (Å²) < 4.78 is 46.1. The summed E-state index contributed by atoms with van der Waals surface area (Å²) in [6.45, 7) is 2.80. The number of ketones is 1. The second-order valence-corrected chi connectivity index (χ2v) is 11.6. The van der Waals surface area contributed by atoms with Crippen molar-refractivity contribution in [2.75, 3.05) is 6.54 Å². The van der Waals surface area contributed by atoms with Gasteiger partial charge in [-0.3, -0.25) is 24.2 Å². The van der Waals surface area contributed by atoms with Gasteiger partial charge in [0.2, 0.25) is 11.8 Å². The largest absolute Gasteiger partial charge is 0.452 e. The van der Waals surface area contributed by atoms with E-state index in [1.165, 1.54) is 37.3 Å². The van der Waals surface area contributed by atoms with Gasteiger partial charge in [-0.25, -0.2) is 4.98 Å². The number of amides is 3. The number of rotatable bonds is 12. The van der Waals surface area contributed by atoms with Crippen LogP contribution in [0.5, 0.6) is 0 Å². The SMILES string of the molecule is CC(C)[C@H](NC(=O)[C@@H]1C[C@@H](OCc2ccccc2)CN1C(=O)[C@H](Cc1cccc(Cl)c1)NC(=O)c1cnccn1)C(=O)C(F)(F)F. The van der Waals surface area contributed by atoms with E-state index < -0.39 is 59.8 Å². The lowest BCUT2D eigenvalue weighted by Crippen LogP contribution is -2.57. The molecule has 0 saturated carbocycles. The van der Waals surface area contributed by atoms with Gasteiger partial charge in [-0.15, -0.1) is 0 Å². The van der Waals surface area contributed by atoms with E-state index in [0.717, 1.165) is 5.56 Å². The summed E-state index contributed by atoms with van der Waals surface area (Å²) in [5, 5.41) is 5.28. The maximum Gasteiger partial charge on any atom is 0.452 e. The predicted molar refractivity (Wildman–Crippen MR) is 161 cm³/mol. The number of nitrogens with one attached hydrogen (secondary N) is 2. The number of alkyl halides is 3. The van der Waals surface area contributed by atoms with Gasteiger partial charge in [-0.2, -0.15) is 13.2 Å². The maximum absolute atomic E-state index is 14.2. The van der Waals surface area contributed by atoms with E-state index in [9.17, 15) is 32.3 Å². The predicted octanol–water partition coefficient (Wildman–Crippen LogP) is 3.93. The van der Waals surface area contributed by atoms with E-state index in [-0.39, 0.29) is 31.7 Å². The molecule has 1 aliphatic rings. The summed E-state index contributed by atoms with van der Waals surface area (Å²) in [5.74, 6) is -5.33. The molecule has 0 bridgehead atoms. The van der Waals surface area contributed by atoms with E-state index in [1.54, 1.807) is 24.3 Å². The zero-order valence-corrected chi connectivity index (χ0v) is 25.8. The van der Waals surface area contributed by atoms with Crippen LogP contribution in [-0.2, 0) is 32.1 Å². The highest BCUT2D eigenvalue weighted by Crippen LogP contribution is 2.26.